The van der Waals surface area contributed by atoms with Crippen LogP contribution in [0.3, 0.4) is 0 Å². The normalized spacial score (nSPS) is 15.5. The first-order valence-electron chi connectivity index (χ1n) is 5.52. The van der Waals surface area contributed by atoms with Gasteiger partial charge in [-0.05, 0) is 23.2 Å². The van der Waals surface area contributed by atoms with Gasteiger partial charge in [-0.1, -0.05) is 5.11 Å². The fraction of sp³-hybridized carbons (Fsp3) is 0.455. The van der Waals surface area contributed by atoms with Crippen LogP contribution in [0.25, 0.3) is 10.4 Å². The average Bonchev–Trinajstić information content (AvgIpc) is 2.90. The Bertz CT molecular complexity index is 515. The van der Waals surface area contributed by atoms with Gasteiger partial charge in [-0.2, -0.15) is 0 Å². The van der Waals surface area contributed by atoms with E-state index in [-0.39, 0.29) is 13.3 Å². The van der Waals surface area contributed by atoms with E-state index < -0.39 is 12.2 Å². The molecule has 0 fully saturated rings. The largest absolute Gasteiger partial charge is 0.493 e. The second kappa shape index (κ2) is 5.66. The van der Waals surface area contributed by atoms with Crippen LogP contribution in [-0.2, 0) is 0 Å². The minimum absolute atomic E-state index is 0.0759. The molecule has 8 heteroatoms. The van der Waals surface area contributed by atoms with Crippen LogP contribution in [0.5, 0.6) is 17.2 Å². The number of methoxy groups -OCH3 is 1. The number of ether oxygens (including phenoxy) is 3. The lowest BCUT2D eigenvalue weighted by Gasteiger charge is -2.17. The standard InChI is InChI=1S/C11H13N3O5/c1-17-8-2-6(3-9-11(8)19-5-18-9)10(16)7(15)4-13-14-12/h2-3,7,10,15-16H,4-5H2,1H3. The number of nitrogens with zero attached hydrogens (tertiary/aromatic N) is 3. The Hall–Kier alpha value is -2.15. The Morgan fingerprint density at radius 1 is 1.47 bits per heavy atom. The first-order chi connectivity index (χ1) is 9.17. The quantitative estimate of drug-likeness (QED) is 0.471. The molecular weight excluding hydrogens is 254 g/mol. The summed E-state index contributed by atoms with van der Waals surface area (Å²) in [7, 11) is 1.46. The number of azide groups is 1. The van der Waals surface area contributed by atoms with Gasteiger partial charge in [0.15, 0.2) is 11.5 Å². The van der Waals surface area contributed by atoms with Gasteiger partial charge in [0.05, 0.1) is 19.8 Å². The fourth-order valence-corrected chi connectivity index (χ4v) is 1.76. The summed E-state index contributed by atoms with van der Waals surface area (Å²) >= 11 is 0. The van der Waals surface area contributed by atoms with Crippen LogP contribution in [0.1, 0.15) is 11.7 Å². The summed E-state index contributed by atoms with van der Waals surface area (Å²) in [4.78, 5) is 2.53. The van der Waals surface area contributed by atoms with Gasteiger partial charge in [0, 0.05) is 4.91 Å². The van der Waals surface area contributed by atoms with Crippen LogP contribution in [-0.4, -0.2) is 36.8 Å². The molecule has 1 aromatic rings. The molecule has 1 aliphatic rings. The Kier molecular flexibility index (Phi) is 3.96. The molecule has 0 bridgehead atoms. The number of fused-ring (bicyclic) bond motifs is 1. The molecule has 102 valence electrons. The molecule has 2 atom stereocenters. The Labute approximate surface area is 108 Å². The van der Waals surface area contributed by atoms with Gasteiger partial charge >= 0.3 is 0 Å². The van der Waals surface area contributed by atoms with Gasteiger partial charge in [0.2, 0.25) is 12.5 Å². The molecule has 0 amide bonds. The summed E-state index contributed by atoms with van der Waals surface area (Å²) in [6.45, 7) is -0.152. The van der Waals surface area contributed by atoms with Crippen molar-refractivity contribution in [1.82, 2.24) is 0 Å². The summed E-state index contributed by atoms with van der Waals surface area (Å²) in [6, 6.07) is 3.09. The predicted molar refractivity (Wildman–Crippen MR) is 64.1 cm³/mol. The van der Waals surface area contributed by atoms with E-state index in [1.54, 1.807) is 6.07 Å². The van der Waals surface area contributed by atoms with E-state index in [9.17, 15) is 10.2 Å². The summed E-state index contributed by atoms with van der Waals surface area (Å²) in [5, 5.41) is 22.9. The molecule has 8 nitrogen and oxygen atoms in total. The van der Waals surface area contributed by atoms with Gasteiger partial charge in [0.25, 0.3) is 0 Å². The molecule has 19 heavy (non-hydrogen) atoms. The fourth-order valence-electron chi connectivity index (χ4n) is 1.76. The molecule has 0 spiro atoms. The van der Waals surface area contributed by atoms with Crippen molar-refractivity contribution in [3.05, 3.63) is 28.1 Å². The monoisotopic (exact) mass is 267 g/mol. The van der Waals surface area contributed by atoms with Crippen LogP contribution in [0.15, 0.2) is 17.2 Å². The Balaban J connectivity index is 2.27. The van der Waals surface area contributed by atoms with Crippen molar-refractivity contribution in [2.75, 3.05) is 20.4 Å². The second-order valence-electron chi connectivity index (χ2n) is 3.88. The summed E-state index contributed by atoms with van der Waals surface area (Å²) in [6.07, 6.45) is -2.42. The zero-order valence-corrected chi connectivity index (χ0v) is 10.2. The van der Waals surface area contributed by atoms with Gasteiger partial charge in [-0.15, -0.1) is 0 Å². The van der Waals surface area contributed by atoms with Crippen LogP contribution >= 0.6 is 0 Å². The molecule has 1 aromatic carbocycles. The van der Waals surface area contributed by atoms with Crippen molar-refractivity contribution >= 4 is 0 Å². The molecule has 2 rings (SSSR count). The highest BCUT2D eigenvalue weighted by Gasteiger charge is 2.25. The SMILES string of the molecule is COc1cc(C(O)C(O)CN=[N+]=[N-])cc2c1OCO2. The topological polar surface area (TPSA) is 117 Å². The molecular formula is C11H13N3O5. The predicted octanol–water partition coefficient (Wildman–Crippen LogP) is 1.13. The number of hydrogen-bond donors (Lipinski definition) is 2. The summed E-state index contributed by atoms with van der Waals surface area (Å²) < 4.78 is 15.6. The third-order valence-corrected chi connectivity index (χ3v) is 2.72. The summed E-state index contributed by atoms with van der Waals surface area (Å²) in [5.41, 5.74) is 8.58. The van der Waals surface area contributed by atoms with Gasteiger partial charge in [0.1, 0.15) is 6.10 Å². The molecule has 0 aromatic heterocycles. The molecule has 1 aliphatic heterocycles. The van der Waals surface area contributed by atoms with E-state index in [1.807, 2.05) is 0 Å². The minimum Gasteiger partial charge on any atom is -0.493 e. The van der Waals surface area contributed by atoms with Crippen LogP contribution < -0.4 is 14.2 Å². The number of rotatable bonds is 5. The molecule has 2 N–H and O–H groups in total. The average molecular weight is 267 g/mol. The molecule has 0 saturated heterocycles. The van der Waals surface area contributed by atoms with Crippen molar-refractivity contribution in [3.8, 4) is 17.2 Å². The van der Waals surface area contributed by atoms with E-state index >= 15 is 0 Å². The molecule has 1 heterocycles. The van der Waals surface area contributed by atoms with Gasteiger partial charge in [-0.3, -0.25) is 0 Å². The van der Waals surface area contributed by atoms with Gasteiger partial charge < -0.3 is 24.4 Å². The van der Waals surface area contributed by atoms with Crippen molar-refractivity contribution in [1.29, 1.82) is 0 Å². The first kappa shape index (κ1) is 13.3. The number of hydrogen-bond acceptors (Lipinski definition) is 6. The zero-order valence-electron chi connectivity index (χ0n) is 10.2. The highest BCUT2D eigenvalue weighted by Crippen LogP contribution is 2.43. The molecule has 0 aliphatic carbocycles. The van der Waals surface area contributed by atoms with Gasteiger partial charge in [-0.25, -0.2) is 0 Å². The minimum atomic E-state index is -1.21. The number of aliphatic hydroxyl groups excluding tert-OH is 2. The van der Waals surface area contributed by atoms with E-state index in [2.05, 4.69) is 10.0 Å². The van der Waals surface area contributed by atoms with Crippen LogP contribution in [0.2, 0.25) is 0 Å². The molecule has 0 saturated carbocycles. The van der Waals surface area contributed by atoms with Crippen LogP contribution in [0.4, 0.5) is 0 Å². The van der Waals surface area contributed by atoms with Crippen molar-refractivity contribution in [2.45, 2.75) is 12.2 Å². The van der Waals surface area contributed by atoms with Crippen molar-refractivity contribution < 1.29 is 24.4 Å². The maximum atomic E-state index is 9.98. The van der Waals surface area contributed by atoms with E-state index in [0.29, 0.717) is 22.8 Å². The zero-order chi connectivity index (χ0) is 13.8. The highest BCUT2D eigenvalue weighted by molar-refractivity contribution is 5.55. The molecule has 2 unspecified atom stereocenters. The number of aliphatic hydroxyl groups is 2. The highest BCUT2D eigenvalue weighted by atomic mass is 16.7. The lowest BCUT2D eigenvalue weighted by molar-refractivity contribution is 0.0242. The first-order valence-corrected chi connectivity index (χ1v) is 5.52. The maximum absolute atomic E-state index is 9.98. The number of benzene rings is 1. The second-order valence-corrected chi connectivity index (χ2v) is 3.88. The van der Waals surface area contributed by atoms with Crippen LogP contribution in [0, 0.1) is 0 Å². The summed E-state index contributed by atoms with van der Waals surface area (Å²) in [5.74, 6) is 1.30. The third-order valence-electron chi connectivity index (χ3n) is 2.72. The third kappa shape index (κ3) is 2.65. The van der Waals surface area contributed by atoms with Crippen molar-refractivity contribution in [2.24, 2.45) is 5.11 Å². The van der Waals surface area contributed by atoms with E-state index in [1.165, 1.54) is 13.2 Å². The maximum Gasteiger partial charge on any atom is 0.231 e. The van der Waals surface area contributed by atoms with Crippen molar-refractivity contribution in [3.63, 3.8) is 0 Å². The Morgan fingerprint density at radius 2 is 2.26 bits per heavy atom. The lowest BCUT2D eigenvalue weighted by Crippen LogP contribution is -2.21. The van der Waals surface area contributed by atoms with E-state index in [4.69, 9.17) is 19.7 Å². The molecule has 0 radical (unpaired) electrons. The van der Waals surface area contributed by atoms with E-state index in [0.717, 1.165) is 0 Å². The Morgan fingerprint density at radius 3 is 2.95 bits per heavy atom. The smallest absolute Gasteiger partial charge is 0.231 e. The lowest BCUT2D eigenvalue weighted by atomic mass is 10.0.